The van der Waals surface area contributed by atoms with Crippen molar-refractivity contribution in [1.29, 1.82) is 0 Å². The van der Waals surface area contributed by atoms with Crippen LogP contribution in [0.2, 0.25) is 0 Å². The van der Waals surface area contributed by atoms with Crippen LogP contribution >= 0.6 is 11.3 Å². The monoisotopic (exact) mass is 428 g/mol. The van der Waals surface area contributed by atoms with Crippen LogP contribution in [0.3, 0.4) is 0 Å². The molecule has 1 N–H and O–H groups in total. The fourth-order valence-electron chi connectivity index (χ4n) is 3.28. The number of anilines is 2. The van der Waals surface area contributed by atoms with Crippen LogP contribution in [0.5, 0.6) is 0 Å². The van der Waals surface area contributed by atoms with Gasteiger partial charge in [-0.1, -0.05) is 18.9 Å². The van der Waals surface area contributed by atoms with Gasteiger partial charge in [0.25, 0.3) is 5.91 Å². The third-order valence-corrected chi connectivity index (χ3v) is 5.46. The number of carbonyl (C=O) groups excluding carboxylic acids is 2. The highest BCUT2D eigenvalue weighted by atomic mass is 32.1. The molecule has 1 aliphatic carbocycles. The van der Waals surface area contributed by atoms with Crippen molar-refractivity contribution in [1.82, 2.24) is 9.97 Å². The Morgan fingerprint density at radius 1 is 1.23 bits per heavy atom. The Kier molecular flexibility index (Phi) is 6.87. The van der Waals surface area contributed by atoms with Crippen molar-refractivity contribution in [2.24, 2.45) is 5.92 Å². The molecule has 2 aromatic heterocycles. The highest BCUT2D eigenvalue weighted by Crippen LogP contribution is 2.30. The Morgan fingerprint density at radius 2 is 1.97 bits per heavy atom. The van der Waals surface area contributed by atoms with Crippen molar-refractivity contribution >= 4 is 39.9 Å². The second-order valence-corrected chi connectivity index (χ2v) is 9.26. The SMILES string of the molecule is CN(C(=O)OC(C)(C)C)c1ccc(/C(=C/C2CCCC2)C(=O)Nc2nccs2)cn1. The van der Waals surface area contributed by atoms with Crippen molar-refractivity contribution in [3.63, 3.8) is 0 Å². The highest BCUT2D eigenvalue weighted by molar-refractivity contribution is 7.13. The van der Waals surface area contributed by atoms with E-state index in [4.69, 9.17) is 4.74 Å². The number of pyridine rings is 1. The zero-order valence-electron chi connectivity index (χ0n) is 17.8. The molecule has 0 unspecified atom stereocenters. The topological polar surface area (TPSA) is 84.4 Å². The van der Waals surface area contributed by atoms with E-state index < -0.39 is 11.7 Å². The number of carbonyl (C=O) groups is 2. The maximum absolute atomic E-state index is 13.0. The van der Waals surface area contributed by atoms with E-state index in [0.717, 1.165) is 12.8 Å². The molecule has 8 heteroatoms. The summed E-state index contributed by atoms with van der Waals surface area (Å²) in [5, 5.41) is 5.24. The van der Waals surface area contributed by atoms with E-state index in [0.29, 0.717) is 28.0 Å². The quantitative estimate of drug-likeness (QED) is 0.668. The lowest BCUT2D eigenvalue weighted by Crippen LogP contribution is -2.34. The van der Waals surface area contributed by atoms with Gasteiger partial charge in [-0.3, -0.25) is 15.0 Å². The molecule has 30 heavy (non-hydrogen) atoms. The van der Waals surface area contributed by atoms with E-state index in [1.165, 1.54) is 29.1 Å². The molecule has 0 atom stereocenters. The first-order valence-electron chi connectivity index (χ1n) is 10.1. The summed E-state index contributed by atoms with van der Waals surface area (Å²) in [6.07, 6.45) is 9.38. The Bertz CT molecular complexity index is 895. The first-order valence-corrected chi connectivity index (χ1v) is 11.0. The van der Waals surface area contributed by atoms with Crippen LogP contribution in [-0.2, 0) is 9.53 Å². The molecular formula is C22H28N4O3S. The van der Waals surface area contributed by atoms with Gasteiger partial charge in [0.05, 0.1) is 0 Å². The molecule has 7 nitrogen and oxygen atoms in total. The maximum Gasteiger partial charge on any atom is 0.415 e. The number of aromatic nitrogens is 2. The molecular weight excluding hydrogens is 400 g/mol. The van der Waals surface area contributed by atoms with Crippen molar-refractivity contribution in [2.75, 3.05) is 17.3 Å². The minimum atomic E-state index is -0.587. The highest BCUT2D eigenvalue weighted by Gasteiger charge is 2.23. The molecule has 0 spiro atoms. The standard InChI is InChI=1S/C22H28N4O3S/c1-22(2,3)29-21(28)26(4)18-10-9-16(14-24-18)17(13-15-7-5-6-8-15)19(27)25-20-23-11-12-30-20/h9-15H,5-8H2,1-4H3,(H,23,25,27)/b17-13-. The number of rotatable bonds is 5. The first kappa shape index (κ1) is 22.0. The van der Waals surface area contributed by atoms with Crippen molar-refractivity contribution in [2.45, 2.75) is 52.1 Å². The van der Waals surface area contributed by atoms with Crippen LogP contribution in [0.4, 0.5) is 15.7 Å². The number of hydrogen-bond acceptors (Lipinski definition) is 6. The Morgan fingerprint density at radius 3 is 2.53 bits per heavy atom. The molecule has 1 aliphatic rings. The predicted octanol–water partition coefficient (Wildman–Crippen LogP) is 5.12. The summed E-state index contributed by atoms with van der Waals surface area (Å²) >= 11 is 1.38. The summed E-state index contributed by atoms with van der Waals surface area (Å²) in [4.78, 5) is 35.1. The first-order chi connectivity index (χ1) is 14.2. The molecule has 0 radical (unpaired) electrons. The molecule has 2 heterocycles. The third-order valence-electron chi connectivity index (χ3n) is 4.77. The molecule has 160 valence electrons. The van der Waals surface area contributed by atoms with Crippen LogP contribution in [0.15, 0.2) is 36.0 Å². The molecule has 2 amide bonds. The second-order valence-electron chi connectivity index (χ2n) is 8.36. The van der Waals surface area contributed by atoms with E-state index in [2.05, 4.69) is 15.3 Å². The van der Waals surface area contributed by atoms with E-state index >= 15 is 0 Å². The van der Waals surface area contributed by atoms with Gasteiger partial charge in [0.15, 0.2) is 5.13 Å². The van der Waals surface area contributed by atoms with Gasteiger partial charge in [0, 0.05) is 36.0 Å². The summed E-state index contributed by atoms with van der Waals surface area (Å²) in [7, 11) is 1.61. The minimum absolute atomic E-state index is 0.202. The lowest BCUT2D eigenvalue weighted by atomic mass is 9.99. The van der Waals surface area contributed by atoms with Gasteiger partial charge < -0.3 is 4.74 Å². The summed E-state index contributed by atoms with van der Waals surface area (Å²) in [6, 6.07) is 3.53. The number of nitrogens with zero attached hydrogens (tertiary/aromatic N) is 3. The molecule has 1 saturated carbocycles. The molecule has 0 aromatic carbocycles. The number of ether oxygens (including phenoxy) is 1. The minimum Gasteiger partial charge on any atom is -0.443 e. The van der Waals surface area contributed by atoms with Gasteiger partial charge in [0.1, 0.15) is 11.4 Å². The van der Waals surface area contributed by atoms with Gasteiger partial charge in [-0.25, -0.2) is 14.8 Å². The van der Waals surface area contributed by atoms with Crippen molar-refractivity contribution in [3.8, 4) is 0 Å². The summed E-state index contributed by atoms with van der Waals surface area (Å²) in [5.74, 6) is 0.631. The van der Waals surface area contributed by atoms with Crippen LogP contribution in [-0.4, -0.2) is 34.6 Å². The smallest absolute Gasteiger partial charge is 0.415 e. The Hall–Kier alpha value is -2.74. The number of amides is 2. The average Bonchev–Trinajstić information content (AvgIpc) is 3.38. The van der Waals surface area contributed by atoms with Crippen LogP contribution in [0, 0.1) is 5.92 Å². The lowest BCUT2D eigenvalue weighted by molar-refractivity contribution is -0.111. The second kappa shape index (κ2) is 9.38. The molecule has 2 aromatic rings. The summed E-state index contributed by atoms with van der Waals surface area (Å²) in [5.41, 5.74) is 0.699. The van der Waals surface area contributed by atoms with E-state index in [1.54, 1.807) is 25.5 Å². The van der Waals surface area contributed by atoms with Crippen molar-refractivity contribution < 1.29 is 14.3 Å². The molecule has 0 aliphatic heterocycles. The fourth-order valence-corrected chi connectivity index (χ4v) is 3.80. The summed E-state index contributed by atoms with van der Waals surface area (Å²) < 4.78 is 5.38. The number of allylic oxidation sites excluding steroid dienone is 1. The van der Waals surface area contributed by atoms with E-state index in [9.17, 15) is 9.59 Å². The lowest BCUT2D eigenvalue weighted by Gasteiger charge is -2.24. The molecule has 0 saturated heterocycles. The zero-order chi connectivity index (χ0) is 21.7. The van der Waals surface area contributed by atoms with Crippen LogP contribution in [0.1, 0.15) is 52.0 Å². The number of nitrogens with one attached hydrogen (secondary N) is 1. The normalized spacial score (nSPS) is 15.1. The average molecular weight is 429 g/mol. The van der Waals surface area contributed by atoms with Gasteiger partial charge in [-0.2, -0.15) is 0 Å². The Balaban J connectivity index is 1.81. The Labute approximate surface area is 181 Å². The maximum atomic E-state index is 13.0. The van der Waals surface area contributed by atoms with Gasteiger partial charge in [-0.05, 0) is 51.7 Å². The van der Waals surface area contributed by atoms with E-state index in [1.807, 2.05) is 38.3 Å². The van der Waals surface area contributed by atoms with Crippen molar-refractivity contribution in [3.05, 3.63) is 41.5 Å². The third kappa shape index (κ3) is 5.89. The number of thiazole rings is 1. The summed E-state index contributed by atoms with van der Waals surface area (Å²) in [6.45, 7) is 5.45. The molecule has 0 bridgehead atoms. The number of hydrogen-bond donors (Lipinski definition) is 1. The van der Waals surface area contributed by atoms with Gasteiger partial charge in [-0.15, -0.1) is 11.3 Å². The van der Waals surface area contributed by atoms with E-state index in [-0.39, 0.29) is 5.91 Å². The molecule has 3 rings (SSSR count). The van der Waals surface area contributed by atoms with Gasteiger partial charge in [0.2, 0.25) is 0 Å². The zero-order valence-corrected chi connectivity index (χ0v) is 18.7. The predicted molar refractivity (Wildman–Crippen MR) is 120 cm³/mol. The molecule has 1 fully saturated rings. The fraction of sp³-hybridized carbons (Fsp3) is 0.455. The van der Waals surface area contributed by atoms with Crippen LogP contribution < -0.4 is 10.2 Å². The van der Waals surface area contributed by atoms with Gasteiger partial charge >= 0.3 is 6.09 Å². The largest absolute Gasteiger partial charge is 0.443 e. The van der Waals surface area contributed by atoms with Crippen LogP contribution in [0.25, 0.3) is 5.57 Å².